The number of sulfone groups is 1. The first-order valence-electron chi connectivity index (χ1n) is 6.54. The van der Waals surface area contributed by atoms with E-state index in [2.05, 4.69) is 0 Å². The Hall–Kier alpha value is -1.56. The maximum atomic E-state index is 11.6. The lowest BCUT2D eigenvalue weighted by molar-refractivity contribution is 0.112. The summed E-state index contributed by atoms with van der Waals surface area (Å²) in [5.41, 5.74) is 1.03. The highest BCUT2D eigenvalue weighted by Gasteiger charge is 2.24. The molecule has 1 aliphatic heterocycles. The number of rotatable bonds is 2. The number of benzene rings is 1. The number of nitrogens with zero attached hydrogens (tertiary/aromatic N) is 1. The minimum absolute atomic E-state index is 0.289. The van der Waals surface area contributed by atoms with E-state index in [4.69, 9.17) is 4.74 Å². The summed E-state index contributed by atoms with van der Waals surface area (Å²) in [6, 6.07) is 7.09. The zero-order valence-electron chi connectivity index (χ0n) is 11.7. The normalized spacial score (nSPS) is 17.0. The van der Waals surface area contributed by atoms with Crippen LogP contribution in [0.1, 0.15) is 24.3 Å². The first kappa shape index (κ1) is 14.8. The Bertz CT molecular complexity index is 589. The zero-order valence-corrected chi connectivity index (χ0v) is 12.5. The van der Waals surface area contributed by atoms with Crippen LogP contribution >= 0.6 is 0 Å². The standard InChI is InChI=1S/C14H19NO4S/c1-19-14(16)15-8-6-11(7-9-15)12-4-3-5-13(10-12)20(2,17)18/h3-5,10-11H,6-9H2,1-2H3. The van der Waals surface area contributed by atoms with Crippen LogP contribution in [0.25, 0.3) is 0 Å². The molecule has 0 unspecified atom stereocenters. The Balaban J connectivity index is 2.10. The molecule has 2 rings (SSSR count). The van der Waals surface area contributed by atoms with Gasteiger partial charge < -0.3 is 9.64 Å². The molecule has 1 fully saturated rings. The molecule has 0 spiro atoms. The second-order valence-corrected chi connectivity index (χ2v) is 7.09. The average Bonchev–Trinajstić information content (AvgIpc) is 2.46. The zero-order chi connectivity index (χ0) is 14.8. The SMILES string of the molecule is COC(=O)N1CCC(c2cccc(S(C)(=O)=O)c2)CC1. The second-order valence-electron chi connectivity index (χ2n) is 5.08. The number of carbonyl (C=O) groups is 1. The minimum Gasteiger partial charge on any atom is -0.453 e. The van der Waals surface area contributed by atoms with Gasteiger partial charge in [-0.25, -0.2) is 13.2 Å². The molecule has 5 nitrogen and oxygen atoms in total. The number of likely N-dealkylation sites (tertiary alicyclic amines) is 1. The summed E-state index contributed by atoms with van der Waals surface area (Å²) in [4.78, 5) is 13.4. The molecule has 1 heterocycles. The van der Waals surface area contributed by atoms with Gasteiger partial charge in [0.1, 0.15) is 0 Å². The van der Waals surface area contributed by atoms with Crippen molar-refractivity contribution in [3.05, 3.63) is 29.8 Å². The minimum atomic E-state index is -3.18. The largest absolute Gasteiger partial charge is 0.453 e. The average molecular weight is 297 g/mol. The van der Waals surface area contributed by atoms with Gasteiger partial charge in [-0.3, -0.25) is 0 Å². The smallest absolute Gasteiger partial charge is 0.409 e. The fourth-order valence-electron chi connectivity index (χ4n) is 2.52. The Morgan fingerprint density at radius 1 is 1.30 bits per heavy atom. The molecule has 0 N–H and O–H groups in total. The molecular weight excluding hydrogens is 278 g/mol. The van der Waals surface area contributed by atoms with Gasteiger partial charge in [0, 0.05) is 19.3 Å². The predicted octanol–water partition coefficient (Wildman–Crippen LogP) is 2.04. The van der Waals surface area contributed by atoms with Crippen molar-refractivity contribution in [2.24, 2.45) is 0 Å². The molecule has 20 heavy (non-hydrogen) atoms. The topological polar surface area (TPSA) is 63.7 Å². The summed E-state index contributed by atoms with van der Waals surface area (Å²) in [5.74, 6) is 0.289. The maximum Gasteiger partial charge on any atom is 0.409 e. The van der Waals surface area contributed by atoms with Crippen molar-refractivity contribution in [2.75, 3.05) is 26.5 Å². The van der Waals surface area contributed by atoms with Crippen LogP contribution in [0.4, 0.5) is 4.79 Å². The van der Waals surface area contributed by atoms with Gasteiger partial charge in [-0.05, 0) is 36.5 Å². The van der Waals surface area contributed by atoms with Gasteiger partial charge in [0.15, 0.2) is 9.84 Å². The molecule has 0 bridgehead atoms. The molecule has 1 saturated heterocycles. The first-order valence-corrected chi connectivity index (χ1v) is 8.44. The lowest BCUT2D eigenvalue weighted by atomic mass is 9.90. The highest BCUT2D eigenvalue weighted by molar-refractivity contribution is 7.90. The Labute approximate surface area is 119 Å². The molecular formula is C14H19NO4S. The predicted molar refractivity (Wildman–Crippen MR) is 75.5 cm³/mol. The molecule has 0 aromatic heterocycles. The molecule has 0 atom stereocenters. The van der Waals surface area contributed by atoms with E-state index < -0.39 is 9.84 Å². The third kappa shape index (κ3) is 3.30. The molecule has 0 radical (unpaired) electrons. The molecule has 6 heteroatoms. The number of hydrogen-bond acceptors (Lipinski definition) is 4. The van der Waals surface area contributed by atoms with Crippen LogP contribution in [0.2, 0.25) is 0 Å². The fourth-order valence-corrected chi connectivity index (χ4v) is 3.20. The van der Waals surface area contributed by atoms with E-state index >= 15 is 0 Å². The monoisotopic (exact) mass is 297 g/mol. The van der Waals surface area contributed by atoms with E-state index in [0.29, 0.717) is 18.0 Å². The molecule has 1 aliphatic rings. The van der Waals surface area contributed by atoms with Crippen LogP contribution < -0.4 is 0 Å². The maximum absolute atomic E-state index is 11.6. The molecule has 0 saturated carbocycles. The van der Waals surface area contributed by atoms with Crippen molar-refractivity contribution >= 4 is 15.9 Å². The first-order chi connectivity index (χ1) is 9.41. The van der Waals surface area contributed by atoms with Crippen molar-refractivity contribution in [2.45, 2.75) is 23.7 Å². The van der Waals surface area contributed by atoms with Crippen molar-refractivity contribution in [1.82, 2.24) is 4.90 Å². The van der Waals surface area contributed by atoms with Gasteiger partial charge in [0.2, 0.25) is 0 Å². The van der Waals surface area contributed by atoms with Crippen LogP contribution in [-0.2, 0) is 14.6 Å². The number of carbonyl (C=O) groups excluding carboxylic acids is 1. The van der Waals surface area contributed by atoms with Gasteiger partial charge in [0.05, 0.1) is 12.0 Å². The van der Waals surface area contributed by atoms with Gasteiger partial charge in [0.25, 0.3) is 0 Å². The molecule has 0 aliphatic carbocycles. The second kappa shape index (κ2) is 5.83. The molecule has 110 valence electrons. The summed E-state index contributed by atoms with van der Waals surface area (Å²) in [5, 5.41) is 0. The van der Waals surface area contributed by atoms with E-state index in [-0.39, 0.29) is 12.0 Å². The van der Waals surface area contributed by atoms with Crippen LogP contribution in [-0.4, -0.2) is 45.9 Å². The third-order valence-corrected chi connectivity index (χ3v) is 4.80. The molecule has 1 aromatic carbocycles. The molecule has 1 aromatic rings. The van der Waals surface area contributed by atoms with Gasteiger partial charge in [-0.1, -0.05) is 12.1 Å². The summed E-state index contributed by atoms with van der Waals surface area (Å²) in [6.45, 7) is 1.28. The number of ether oxygens (including phenoxy) is 1. The number of piperidine rings is 1. The van der Waals surface area contributed by atoms with Gasteiger partial charge in [-0.2, -0.15) is 0 Å². The Morgan fingerprint density at radius 3 is 2.50 bits per heavy atom. The van der Waals surface area contributed by atoms with Crippen LogP contribution in [0, 0.1) is 0 Å². The van der Waals surface area contributed by atoms with E-state index in [9.17, 15) is 13.2 Å². The third-order valence-electron chi connectivity index (χ3n) is 3.69. The molecule has 1 amide bonds. The summed E-state index contributed by atoms with van der Waals surface area (Å²) in [7, 11) is -1.80. The number of hydrogen-bond donors (Lipinski definition) is 0. The highest BCUT2D eigenvalue weighted by atomic mass is 32.2. The quantitative estimate of drug-likeness (QED) is 0.838. The summed E-state index contributed by atoms with van der Waals surface area (Å²) in [6.07, 6.45) is 2.56. The number of methoxy groups -OCH3 is 1. The highest BCUT2D eigenvalue weighted by Crippen LogP contribution is 2.29. The van der Waals surface area contributed by atoms with Crippen molar-refractivity contribution in [3.63, 3.8) is 0 Å². The summed E-state index contributed by atoms with van der Waals surface area (Å²) >= 11 is 0. The fraction of sp³-hybridized carbons (Fsp3) is 0.500. The van der Waals surface area contributed by atoms with E-state index in [0.717, 1.165) is 18.4 Å². The van der Waals surface area contributed by atoms with E-state index in [1.165, 1.54) is 13.4 Å². The van der Waals surface area contributed by atoms with Crippen LogP contribution in [0.15, 0.2) is 29.2 Å². The van der Waals surface area contributed by atoms with Crippen LogP contribution in [0.3, 0.4) is 0 Å². The van der Waals surface area contributed by atoms with Gasteiger partial charge in [-0.15, -0.1) is 0 Å². The lowest BCUT2D eigenvalue weighted by Gasteiger charge is -2.31. The van der Waals surface area contributed by atoms with Gasteiger partial charge >= 0.3 is 6.09 Å². The Kier molecular flexibility index (Phi) is 4.32. The summed E-state index contributed by atoms with van der Waals surface area (Å²) < 4.78 is 27.9. The van der Waals surface area contributed by atoms with Crippen molar-refractivity contribution in [3.8, 4) is 0 Å². The van der Waals surface area contributed by atoms with E-state index in [1.54, 1.807) is 23.1 Å². The van der Waals surface area contributed by atoms with Crippen LogP contribution in [0.5, 0.6) is 0 Å². The number of amides is 1. The van der Waals surface area contributed by atoms with Crippen molar-refractivity contribution < 1.29 is 17.9 Å². The van der Waals surface area contributed by atoms with E-state index in [1.807, 2.05) is 6.07 Å². The van der Waals surface area contributed by atoms with Crippen molar-refractivity contribution in [1.29, 1.82) is 0 Å². The lowest BCUT2D eigenvalue weighted by Crippen LogP contribution is -2.37. The Morgan fingerprint density at radius 2 is 1.95 bits per heavy atom.